The summed E-state index contributed by atoms with van der Waals surface area (Å²) in [5, 5.41) is 7.05. The Morgan fingerprint density at radius 2 is 1.16 bits per heavy atom. The summed E-state index contributed by atoms with van der Waals surface area (Å²) >= 11 is 1.80. The van der Waals surface area contributed by atoms with Gasteiger partial charge in [-0.2, -0.15) is 0 Å². The minimum Gasteiger partial charge on any atom is -0.435 e. The zero-order valence-corrected chi connectivity index (χ0v) is 27.2. The SMILES string of the molecule is c1ccc(-c2ccc(N(c3ccccc3)c3cccc4cc5sc6ccc7nc(-c8ccc9ccccc9c8)oc7c6c5cc34)cc2)cc1. The van der Waals surface area contributed by atoms with Crippen molar-refractivity contribution < 1.29 is 4.42 Å². The molecule has 0 unspecified atom stereocenters. The monoisotopic (exact) mass is 644 g/mol. The van der Waals surface area contributed by atoms with Gasteiger partial charge in [-0.15, -0.1) is 11.3 Å². The number of rotatable bonds is 5. The number of nitrogens with zero attached hydrogens (tertiary/aromatic N) is 2. The molecule has 0 saturated carbocycles. The topological polar surface area (TPSA) is 29.3 Å². The number of anilines is 3. The summed E-state index contributed by atoms with van der Waals surface area (Å²) in [6.07, 6.45) is 0. The molecule has 0 saturated heterocycles. The van der Waals surface area contributed by atoms with Gasteiger partial charge < -0.3 is 9.32 Å². The van der Waals surface area contributed by atoms with Gasteiger partial charge in [0.2, 0.25) is 5.89 Å². The minimum atomic E-state index is 0.642. The van der Waals surface area contributed by atoms with Gasteiger partial charge in [-0.25, -0.2) is 4.98 Å². The molecule has 0 spiro atoms. The third kappa shape index (κ3) is 4.68. The standard InChI is InChI=1S/C45H28N2OS/c1-3-10-29(11-4-1)31-20-22-36(23-21-31)47(35-15-5-2-6-16-35)40-17-9-14-33-27-42-38(28-37(33)40)43-41(49-42)25-24-39-44(43)48-45(46-39)34-19-18-30-12-7-8-13-32(30)26-34/h1-28H. The zero-order chi connectivity index (χ0) is 32.3. The fraction of sp³-hybridized carbons (Fsp3) is 0. The van der Waals surface area contributed by atoms with Gasteiger partial charge in [-0.05, 0) is 94.0 Å². The molecule has 0 amide bonds. The van der Waals surface area contributed by atoms with E-state index >= 15 is 0 Å². The van der Waals surface area contributed by atoms with Crippen LogP contribution in [0.5, 0.6) is 0 Å². The molecule has 10 rings (SSSR count). The van der Waals surface area contributed by atoms with Crippen LogP contribution in [0.3, 0.4) is 0 Å². The highest BCUT2D eigenvalue weighted by molar-refractivity contribution is 7.26. The Kier molecular flexibility index (Phi) is 6.36. The van der Waals surface area contributed by atoms with Crippen LogP contribution in [-0.4, -0.2) is 4.98 Å². The van der Waals surface area contributed by atoms with Crippen LogP contribution in [0.2, 0.25) is 0 Å². The molecule has 4 heteroatoms. The van der Waals surface area contributed by atoms with Crippen LogP contribution >= 0.6 is 11.3 Å². The van der Waals surface area contributed by atoms with E-state index in [0.29, 0.717) is 5.89 Å². The Balaban J connectivity index is 1.16. The first-order valence-electron chi connectivity index (χ1n) is 16.5. The van der Waals surface area contributed by atoms with Crippen LogP contribution < -0.4 is 4.90 Å². The number of fused-ring (bicyclic) bond motifs is 7. The van der Waals surface area contributed by atoms with Gasteiger partial charge >= 0.3 is 0 Å². The molecule has 0 aliphatic rings. The molecule has 3 nitrogen and oxygen atoms in total. The highest BCUT2D eigenvalue weighted by Crippen LogP contribution is 2.45. The first kappa shape index (κ1) is 27.8. The predicted octanol–water partition coefficient (Wildman–Crippen LogP) is 13.3. The number of aromatic nitrogens is 1. The van der Waals surface area contributed by atoms with Gasteiger partial charge in [-0.3, -0.25) is 0 Å². The average molecular weight is 645 g/mol. The first-order chi connectivity index (χ1) is 24.3. The fourth-order valence-corrected chi connectivity index (χ4v) is 8.21. The Labute approximate surface area is 286 Å². The van der Waals surface area contributed by atoms with Crippen LogP contribution in [-0.2, 0) is 0 Å². The Morgan fingerprint density at radius 1 is 0.469 bits per heavy atom. The van der Waals surface area contributed by atoms with E-state index < -0.39 is 0 Å². The van der Waals surface area contributed by atoms with Crippen LogP contribution in [0.1, 0.15) is 0 Å². The van der Waals surface area contributed by atoms with Gasteiger partial charge in [-0.1, -0.05) is 103 Å². The molecule has 0 aliphatic heterocycles. The summed E-state index contributed by atoms with van der Waals surface area (Å²) < 4.78 is 9.07. The lowest BCUT2D eigenvalue weighted by molar-refractivity contribution is 0.623. The minimum absolute atomic E-state index is 0.642. The lowest BCUT2D eigenvalue weighted by Crippen LogP contribution is -2.10. The summed E-state index contributed by atoms with van der Waals surface area (Å²) in [4.78, 5) is 7.33. The maximum atomic E-state index is 6.64. The third-order valence-electron chi connectivity index (χ3n) is 9.45. The van der Waals surface area contributed by atoms with E-state index in [1.54, 1.807) is 11.3 Å². The number of hydrogen-bond donors (Lipinski definition) is 0. The molecule has 2 aromatic heterocycles. The summed E-state index contributed by atoms with van der Waals surface area (Å²) in [6.45, 7) is 0. The van der Waals surface area contributed by atoms with Crippen molar-refractivity contribution in [2.24, 2.45) is 0 Å². The van der Waals surface area contributed by atoms with Crippen LogP contribution in [0, 0.1) is 0 Å². The second-order valence-electron chi connectivity index (χ2n) is 12.4. The van der Waals surface area contributed by atoms with Gasteiger partial charge in [0, 0.05) is 42.5 Å². The van der Waals surface area contributed by atoms with Crippen molar-refractivity contribution in [3.63, 3.8) is 0 Å². The van der Waals surface area contributed by atoms with E-state index in [0.717, 1.165) is 39.1 Å². The molecule has 0 N–H and O–H groups in total. The molecular formula is C45H28N2OS. The largest absolute Gasteiger partial charge is 0.435 e. The van der Waals surface area contributed by atoms with E-state index in [2.05, 4.69) is 175 Å². The van der Waals surface area contributed by atoms with Crippen molar-refractivity contribution in [3.8, 4) is 22.6 Å². The van der Waals surface area contributed by atoms with E-state index in [4.69, 9.17) is 9.40 Å². The average Bonchev–Trinajstić information content (AvgIpc) is 3.76. The van der Waals surface area contributed by atoms with Gasteiger partial charge in [0.25, 0.3) is 0 Å². The molecule has 0 bridgehead atoms. The molecule has 2 heterocycles. The maximum absolute atomic E-state index is 6.64. The van der Waals surface area contributed by atoms with Crippen molar-refractivity contribution >= 4 is 81.2 Å². The Bertz CT molecular complexity index is 2820. The summed E-state index contributed by atoms with van der Waals surface area (Å²) in [5.41, 5.74) is 8.42. The number of benzene rings is 8. The van der Waals surface area contributed by atoms with Crippen molar-refractivity contribution in [3.05, 3.63) is 170 Å². The maximum Gasteiger partial charge on any atom is 0.227 e. The van der Waals surface area contributed by atoms with Crippen molar-refractivity contribution in [2.45, 2.75) is 0 Å². The third-order valence-corrected chi connectivity index (χ3v) is 10.6. The molecule has 8 aromatic carbocycles. The van der Waals surface area contributed by atoms with Crippen LogP contribution in [0.25, 0.3) is 75.4 Å². The molecular weight excluding hydrogens is 617 g/mol. The second-order valence-corrected chi connectivity index (χ2v) is 13.5. The number of oxazole rings is 1. The lowest BCUT2D eigenvalue weighted by Gasteiger charge is -2.27. The fourth-order valence-electron chi connectivity index (χ4n) is 7.08. The lowest BCUT2D eigenvalue weighted by atomic mass is 10.0. The molecule has 0 atom stereocenters. The molecule has 0 aliphatic carbocycles. The highest BCUT2D eigenvalue weighted by Gasteiger charge is 2.19. The van der Waals surface area contributed by atoms with E-state index in [9.17, 15) is 0 Å². The molecule has 49 heavy (non-hydrogen) atoms. The molecule has 10 aromatic rings. The van der Waals surface area contributed by atoms with Crippen molar-refractivity contribution in [1.82, 2.24) is 4.98 Å². The van der Waals surface area contributed by atoms with E-state index in [1.165, 1.54) is 47.5 Å². The van der Waals surface area contributed by atoms with Gasteiger partial charge in [0.15, 0.2) is 5.58 Å². The van der Waals surface area contributed by atoms with E-state index in [1.807, 2.05) is 0 Å². The second kappa shape index (κ2) is 11.2. The van der Waals surface area contributed by atoms with Crippen molar-refractivity contribution in [2.75, 3.05) is 4.90 Å². The Morgan fingerprint density at radius 3 is 2.00 bits per heavy atom. The smallest absolute Gasteiger partial charge is 0.227 e. The summed E-state index contributed by atoms with van der Waals surface area (Å²) in [5.74, 6) is 0.642. The molecule has 0 radical (unpaired) electrons. The van der Waals surface area contributed by atoms with E-state index in [-0.39, 0.29) is 0 Å². The number of thiophene rings is 1. The quantitative estimate of drug-likeness (QED) is 0.187. The van der Waals surface area contributed by atoms with Crippen molar-refractivity contribution in [1.29, 1.82) is 0 Å². The predicted molar refractivity (Wildman–Crippen MR) is 207 cm³/mol. The highest BCUT2D eigenvalue weighted by atomic mass is 32.1. The molecule has 0 fully saturated rings. The first-order valence-corrected chi connectivity index (χ1v) is 17.3. The van der Waals surface area contributed by atoms with Crippen LogP contribution in [0.4, 0.5) is 17.1 Å². The molecule has 230 valence electrons. The van der Waals surface area contributed by atoms with Gasteiger partial charge in [0.05, 0.1) is 5.69 Å². The summed E-state index contributed by atoms with van der Waals surface area (Å²) in [6, 6.07) is 60.4. The normalized spacial score (nSPS) is 11.7. The summed E-state index contributed by atoms with van der Waals surface area (Å²) in [7, 11) is 0. The van der Waals surface area contributed by atoms with Crippen LogP contribution in [0.15, 0.2) is 174 Å². The van der Waals surface area contributed by atoms with Gasteiger partial charge in [0.1, 0.15) is 5.52 Å². The number of hydrogen-bond acceptors (Lipinski definition) is 4. The Hall–Kier alpha value is -6.23. The number of para-hydroxylation sites is 1. The zero-order valence-electron chi connectivity index (χ0n) is 26.4.